The van der Waals surface area contributed by atoms with Crippen molar-refractivity contribution in [1.29, 1.82) is 0 Å². The zero-order chi connectivity index (χ0) is 20.8. The number of nitrogens with zero attached hydrogens (tertiary/aromatic N) is 2. The molecule has 10 heteroatoms. The Balaban J connectivity index is 1.52. The fourth-order valence-corrected chi connectivity index (χ4v) is 5.14. The van der Waals surface area contributed by atoms with Crippen LogP contribution in [-0.2, 0) is 25.6 Å². The van der Waals surface area contributed by atoms with Crippen LogP contribution in [0.3, 0.4) is 0 Å². The predicted octanol–water partition coefficient (Wildman–Crippen LogP) is 3.02. The number of aromatic nitrogens is 2. The maximum atomic E-state index is 12.3. The van der Waals surface area contributed by atoms with Gasteiger partial charge < -0.3 is 9.82 Å². The van der Waals surface area contributed by atoms with Gasteiger partial charge in [-0.25, -0.2) is 9.78 Å². The Morgan fingerprint density at radius 3 is 2.60 bits per heavy atom. The van der Waals surface area contributed by atoms with Crippen LogP contribution in [0.25, 0.3) is 31.0 Å². The van der Waals surface area contributed by atoms with Crippen LogP contribution in [0.1, 0.15) is 18.4 Å². The van der Waals surface area contributed by atoms with E-state index in [-0.39, 0.29) is 24.1 Å². The van der Waals surface area contributed by atoms with Crippen LogP contribution in [0.15, 0.2) is 41.2 Å². The number of carbonyl (C=O) groups excluding carboxylic acids is 3. The second-order valence-corrected chi connectivity index (χ2v) is 8.79. The first-order valence-corrected chi connectivity index (χ1v) is 10.7. The molecule has 30 heavy (non-hydrogen) atoms. The minimum atomic E-state index is -0.726. The van der Waals surface area contributed by atoms with Gasteiger partial charge in [0.15, 0.2) is 0 Å². The molecule has 1 aliphatic heterocycles. The number of carbonyl (C=O) groups is 3. The average molecular weight is 439 g/mol. The number of benzene rings is 2. The molecule has 1 N–H and O–H groups in total. The van der Waals surface area contributed by atoms with Crippen molar-refractivity contribution in [3.8, 4) is 10.6 Å². The summed E-state index contributed by atoms with van der Waals surface area (Å²) in [7, 11) is 0. The molecule has 1 saturated heterocycles. The fourth-order valence-electron chi connectivity index (χ4n) is 3.33. The van der Waals surface area contributed by atoms with E-state index in [2.05, 4.69) is 9.97 Å². The van der Waals surface area contributed by atoms with Crippen LogP contribution in [0, 0.1) is 0 Å². The number of aromatic amines is 1. The topological polar surface area (TPSA) is 109 Å². The van der Waals surface area contributed by atoms with Crippen molar-refractivity contribution in [3.63, 3.8) is 0 Å². The molecular formula is C20H13N3O5S2. The molecule has 4 aromatic rings. The molecule has 2 aromatic carbocycles. The first kappa shape index (κ1) is 18.6. The van der Waals surface area contributed by atoms with Gasteiger partial charge in [-0.3, -0.25) is 14.4 Å². The number of H-pyrrole nitrogens is 1. The highest BCUT2D eigenvalue weighted by molar-refractivity contribution is 7.22. The van der Waals surface area contributed by atoms with E-state index in [1.54, 1.807) is 12.1 Å². The summed E-state index contributed by atoms with van der Waals surface area (Å²) < 4.78 is 1.70. The molecule has 0 atom stereocenters. The minimum Gasteiger partial charge on any atom is -0.330 e. The van der Waals surface area contributed by atoms with Crippen molar-refractivity contribution in [2.45, 2.75) is 19.3 Å². The molecule has 150 valence electrons. The maximum Gasteiger partial charge on any atom is 0.337 e. The molecular weight excluding hydrogens is 426 g/mol. The molecule has 2 aromatic heterocycles. The lowest BCUT2D eigenvalue weighted by Gasteiger charge is -2.12. The summed E-state index contributed by atoms with van der Waals surface area (Å²) in [5, 5.41) is 1.25. The zero-order valence-electron chi connectivity index (χ0n) is 15.3. The standard InChI is InChI=1S/C20H13N3O5S2/c24-15-5-6-16(25)23(15)28-17(26)9-10-7-11(18-14(8-10)30-20(27)22-18)19-21-12-3-1-2-4-13(12)29-19/h1-4,7-8H,5-6,9H2,(H,22,27). The summed E-state index contributed by atoms with van der Waals surface area (Å²) in [6.07, 6.45) is -0.0781. The highest BCUT2D eigenvalue weighted by Gasteiger charge is 2.32. The monoisotopic (exact) mass is 439 g/mol. The molecule has 3 heterocycles. The Labute approximate surface area is 176 Å². The fraction of sp³-hybridized carbons (Fsp3) is 0.150. The number of fused-ring (bicyclic) bond motifs is 2. The molecule has 0 radical (unpaired) electrons. The van der Waals surface area contributed by atoms with E-state index in [1.165, 1.54) is 11.3 Å². The lowest BCUT2D eigenvalue weighted by molar-refractivity contribution is -0.197. The first-order chi connectivity index (χ1) is 14.5. The Hall–Kier alpha value is -3.37. The third-order valence-electron chi connectivity index (χ3n) is 4.66. The van der Waals surface area contributed by atoms with Crippen molar-refractivity contribution in [2.24, 2.45) is 0 Å². The van der Waals surface area contributed by atoms with Gasteiger partial charge in [-0.15, -0.1) is 16.4 Å². The number of nitrogens with one attached hydrogen (secondary N) is 1. The second-order valence-electron chi connectivity index (χ2n) is 6.74. The summed E-state index contributed by atoms with van der Waals surface area (Å²) in [6.45, 7) is 0. The maximum absolute atomic E-state index is 12.3. The normalized spacial score (nSPS) is 14.2. The lowest BCUT2D eigenvalue weighted by atomic mass is 10.1. The SMILES string of the molecule is O=C(Cc1cc(-c2nc3ccccc3s2)c2[nH]c(=O)sc2c1)ON1C(=O)CCC1=O. The molecule has 0 unspecified atom stereocenters. The summed E-state index contributed by atoms with van der Waals surface area (Å²) in [5.41, 5.74) is 2.81. The molecule has 0 bridgehead atoms. The zero-order valence-corrected chi connectivity index (χ0v) is 17.0. The third kappa shape index (κ3) is 3.29. The number of imide groups is 1. The number of hydroxylamine groups is 2. The van der Waals surface area contributed by atoms with Crippen LogP contribution >= 0.6 is 22.7 Å². The number of hydrogen-bond donors (Lipinski definition) is 1. The third-order valence-corrected chi connectivity index (χ3v) is 6.56. The number of rotatable bonds is 4. The summed E-state index contributed by atoms with van der Waals surface area (Å²) in [4.78, 5) is 59.9. The van der Waals surface area contributed by atoms with Crippen molar-refractivity contribution < 1.29 is 19.2 Å². The number of hydrogen-bond acceptors (Lipinski definition) is 8. The van der Waals surface area contributed by atoms with Gasteiger partial charge in [0.1, 0.15) is 5.01 Å². The molecule has 1 fully saturated rings. The number of para-hydroxylation sites is 1. The molecule has 8 nitrogen and oxygen atoms in total. The van der Waals surface area contributed by atoms with Crippen LogP contribution < -0.4 is 4.87 Å². The van der Waals surface area contributed by atoms with E-state index in [1.807, 2.05) is 24.3 Å². The predicted molar refractivity (Wildman–Crippen MR) is 112 cm³/mol. The first-order valence-electron chi connectivity index (χ1n) is 9.06. The van der Waals surface area contributed by atoms with Crippen LogP contribution in [-0.4, -0.2) is 32.8 Å². The van der Waals surface area contributed by atoms with E-state index in [9.17, 15) is 19.2 Å². The summed E-state index contributed by atoms with van der Waals surface area (Å²) in [6, 6.07) is 11.2. The largest absolute Gasteiger partial charge is 0.337 e. The Morgan fingerprint density at radius 2 is 1.83 bits per heavy atom. The smallest absolute Gasteiger partial charge is 0.330 e. The van der Waals surface area contributed by atoms with Gasteiger partial charge in [-0.05, 0) is 29.8 Å². The molecule has 2 amide bonds. The van der Waals surface area contributed by atoms with E-state index in [0.29, 0.717) is 26.4 Å². The number of amides is 2. The van der Waals surface area contributed by atoms with Crippen LogP contribution in [0.4, 0.5) is 0 Å². The van der Waals surface area contributed by atoms with Gasteiger partial charge in [-0.2, -0.15) is 0 Å². The van der Waals surface area contributed by atoms with Gasteiger partial charge in [0.2, 0.25) is 0 Å². The van der Waals surface area contributed by atoms with E-state index >= 15 is 0 Å². The summed E-state index contributed by atoms with van der Waals surface area (Å²) >= 11 is 2.52. The second kappa shape index (κ2) is 7.15. The van der Waals surface area contributed by atoms with Crippen molar-refractivity contribution in [2.75, 3.05) is 0 Å². The minimum absolute atomic E-state index is 0.0388. The van der Waals surface area contributed by atoms with Crippen LogP contribution in [0.5, 0.6) is 0 Å². The molecule has 0 saturated carbocycles. The van der Waals surface area contributed by atoms with E-state index < -0.39 is 17.8 Å². The Bertz CT molecular complexity index is 1350. The van der Waals surface area contributed by atoms with Crippen LogP contribution in [0.2, 0.25) is 0 Å². The quantitative estimate of drug-likeness (QED) is 0.490. The highest BCUT2D eigenvalue weighted by Crippen LogP contribution is 2.35. The Kier molecular flexibility index (Phi) is 4.44. The van der Waals surface area contributed by atoms with E-state index in [0.717, 1.165) is 26.6 Å². The van der Waals surface area contributed by atoms with Gasteiger partial charge in [-0.1, -0.05) is 23.5 Å². The molecule has 0 aliphatic carbocycles. The van der Waals surface area contributed by atoms with Crippen molar-refractivity contribution >= 4 is 60.9 Å². The van der Waals surface area contributed by atoms with Crippen molar-refractivity contribution in [1.82, 2.24) is 15.0 Å². The molecule has 1 aliphatic rings. The Morgan fingerprint density at radius 1 is 1.07 bits per heavy atom. The molecule has 5 rings (SSSR count). The highest BCUT2D eigenvalue weighted by atomic mass is 32.1. The van der Waals surface area contributed by atoms with Gasteiger partial charge in [0, 0.05) is 18.4 Å². The van der Waals surface area contributed by atoms with Gasteiger partial charge in [0.25, 0.3) is 11.8 Å². The van der Waals surface area contributed by atoms with Gasteiger partial charge >= 0.3 is 10.8 Å². The summed E-state index contributed by atoms with van der Waals surface area (Å²) in [5.74, 6) is -1.78. The molecule has 0 spiro atoms. The van der Waals surface area contributed by atoms with Gasteiger partial charge in [0.05, 0.1) is 26.9 Å². The van der Waals surface area contributed by atoms with Crippen molar-refractivity contribution in [3.05, 3.63) is 51.6 Å². The average Bonchev–Trinajstić information content (AvgIpc) is 3.39. The number of thiazole rings is 2. The van der Waals surface area contributed by atoms with E-state index in [4.69, 9.17) is 4.84 Å². The lowest BCUT2D eigenvalue weighted by Crippen LogP contribution is -2.32.